The highest BCUT2D eigenvalue weighted by Crippen LogP contribution is 2.28. The Hall–Kier alpha value is -2.10. The van der Waals surface area contributed by atoms with Crippen LogP contribution in [0.4, 0.5) is 5.82 Å². The van der Waals surface area contributed by atoms with Crippen LogP contribution < -0.4 is 4.90 Å². The summed E-state index contributed by atoms with van der Waals surface area (Å²) >= 11 is 0. The number of rotatable bonds is 1. The largest absolute Gasteiger partial charge is 0.508 e. The molecule has 1 aliphatic heterocycles. The predicted molar refractivity (Wildman–Crippen MR) is 69.9 cm³/mol. The number of piperidine rings is 1. The summed E-state index contributed by atoms with van der Waals surface area (Å²) in [5.74, 6) is 1.41. The molecule has 0 radical (unpaired) electrons. The minimum atomic E-state index is 0.241. The summed E-state index contributed by atoms with van der Waals surface area (Å²) in [4.78, 5) is 17.8. The zero-order valence-electron chi connectivity index (χ0n) is 9.97. The van der Waals surface area contributed by atoms with Crippen molar-refractivity contribution in [1.82, 2.24) is 4.98 Å². The van der Waals surface area contributed by atoms with E-state index in [2.05, 4.69) is 9.88 Å². The molecular formula is C14H14N2O2. The first kappa shape index (κ1) is 11.0. The van der Waals surface area contributed by atoms with Crippen molar-refractivity contribution < 1.29 is 9.90 Å². The molecule has 18 heavy (non-hydrogen) atoms. The number of phenolic OH excluding ortho intramolecular Hbond substituents is 1. The number of aromatic hydroxyl groups is 1. The first-order chi connectivity index (χ1) is 8.74. The molecule has 0 spiro atoms. The van der Waals surface area contributed by atoms with Gasteiger partial charge in [0, 0.05) is 37.5 Å². The van der Waals surface area contributed by atoms with E-state index >= 15 is 0 Å². The fraction of sp³-hybridized carbons (Fsp3) is 0.286. The first-order valence-corrected chi connectivity index (χ1v) is 6.08. The summed E-state index contributed by atoms with van der Waals surface area (Å²) in [5, 5.41) is 11.6. The first-order valence-electron chi connectivity index (χ1n) is 6.08. The normalized spacial score (nSPS) is 16.2. The van der Waals surface area contributed by atoms with Crippen molar-refractivity contribution in [3.05, 3.63) is 30.5 Å². The zero-order valence-corrected chi connectivity index (χ0v) is 9.97. The molecule has 4 nitrogen and oxygen atoms in total. The third kappa shape index (κ3) is 1.90. The average Bonchev–Trinajstić information content (AvgIpc) is 2.39. The van der Waals surface area contributed by atoms with Gasteiger partial charge in [-0.2, -0.15) is 0 Å². The quantitative estimate of drug-likeness (QED) is 0.832. The van der Waals surface area contributed by atoms with E-state index < -0.39 is 0 Å². The molecule has 0 unspecified atom stereocenters. The molecule has 1 aliphatic rings. The highest BCUT2D eigenvalue weighted by atomic mass is 16.3. The number of benzene rings is 1. The maximum absolute atomic E-state index is 11.3. The van der Waals surface area contributed by atoms with E-state index in [4.69, 9.17) is 0 Å². The van der Waals surface area contributed by atoms with Crippen LogP contribution in [0.15, 0.2) is 30.5 Å². The molecular weight excluding hydrogens is 228 g/mol. The molecule has 0 aliphatic carbocycles. The Morgan fingerprint density at radius 2 is 1.94 bits per heavy atom. The van der Waals surface area contributed by atoms with Crippen LogP contribution in [0.2, 0.25) is 0 Å². The topological polar surface area (TPSA) is 53.4 Å². The number of aromatic nitrogens is 1. The number of ketones is 1. The van der Waals surface area contributed by atoms with Crippen molar-refractivity contribution >= 4 is 22.4 Å². The molecule has 1 aromatic carbocycles. The van der Waals surface area contributed by atoms with Crippen LogP contribution >= 0.6 is 0 Å². The minimum Gasteiger partial charge on any atom is -0.508 e. The Morgan fingerprint density at radius 3 is 2.72 bits per heavy atom. The molecule has 4 heteroatoms. The Labute approximate surface area is 105 Å². The van der Waals surface area contributed by atoms with Crippen LogP contribution in [0.1, 0.15) is 12.8 Å². The Morgan fingerprint density at radius 1 is 1.17 bits per heavy atom. The van der Waals surface area contributed by atoms with Gasteiger partial charge >= 0.3 is 0 Å². The SMILES string of the molecule is O=C1CCN(c2nccc3ccc(O)cc23)CC1. The second-order valence-corrected chi connectivity index (χ2v) is 4.57. The number of carbonyl (C=O) groups is 1. The van der Waals surface area contributed by atoms with Gasteiger partial charge in [0.1, 0.15) is 17.4 Å². The molecule has 0 bridgehead atoms. The van der Waals surface area contributed by atoms with Gasteiger partial charge in [0.05, 0.1) is 0 Å². The number of fused-ring (bicyclic) bond motifs is 1. The molecule has 0 saturated carbocycles. The lowest BCUT2D eigenvalue weighted by atomic mass is 10.1. The summed E-state index contributed by atoms with van der Waals surface area (Å²) in [6, 6.07) is 7.21. The fourth-order valence-electron chi connectivity index (χ4n) is 2.36. The molecule has 2 aromatic rings. The highest BCUT2D eigenvalue weighted by Gasteiger charge is 2.19. The summed E-state index contributed by atoms with van der Waals surface area (Å²) in [6.07, 6.45) is 2.93. The number of pyridine rings is 1. The molecule has 1 aromatic heterocycles. The van der Waals surface area contributed by atoms with E-state index in [1.54, 1.807) is 18.3 Å². The van der Waals surface area contributed by atoms with E-state index in [1.165, 1.54) is 0 Å². The lowest BCUT2D eigenvalue weighted by molar-refractivity contribution is -0.119. The molecule has 1 fully saturated rings. The number of anilines is 1. The lowest BCUT2D eigenvalue weighted by Gasteiger charge is -2.28. The van der Waals surface area contributed by atoms with Gasteiger partial charge in [0.15, 0.2) is 0 Å². The molecule has 0 atom stereocenters. The molecule has 3 rings (SSSR count). The van der Waals surface area contributed by atoms with Crippen molar-refractivity contribution in [3.63, 3.8) is 0 Å². The van der Waals surface area contributed by atoms with Crippen molar-refractivity contribution in [3.8, 4) is 5.75 Å². The van der Waals surface area contributed by atoms with Crippen molar-refractivity contribution in [2.45, 2.75) is 12.8 Å². The number of phenols is 1. The smallest absolute Gasteiger partial charge is 0.136 e. The summed E-state index contributed by atoms with van der Waals surface area (Å²) < 4.78 is 0. The van der Waals surface area contributed by atoms with Gasteiger partial charge in [-0.1, -0.05) is 6.07 Å². The van der Waals surface area contributed by atoms with Gasteiger partial charge in [-0.05, 0) is 23.6 Å². The van der Waals surface area contributed by atoms with Gasteiger partial charge in [-0.25, -0.2) is 4.98 Å². The summed E-state index contributed by atoms with van der Waals surface area (Å²) in [6.45, 7) is 1.42. The summed E-state index contributed by atoms with van der Waals surface area (Å²) in [5.41, 5.74) is 0. The highest BCUT2D eigenvalue weighted by molar-refractivity contribution is 5.93. The van der Waals surface area contributed by atoms with Crippen molar-refractivity contribution in [2.24, 2.45) is 0 Å². The van der Waals surface area contributed by atoms with Crippen LogP contribution in [0.3, 0.4) is 0 Å². The van der Waals surface area contributed by atoms with E-state index in [1.807, 2.05) is 12.1 Å². The summed E-state index contributed by atoms with van der Waals surface area (Å²) in [7, 11) is 0. The maximum Gasteiger partial charge on any atom is 0.136 e. The van der Waals surface area contributed by atoms with E-state index in [-0.39, 0.29) is 5.75 Å². The average molecular weight is 242 g/mol. The molecule has 2 heterocycles. The Bertz CT molecular complexity index is 600. The number of hydrogen-bond donors (Lipinski definition) is 1. The number of carbonyl (C=O) groups excluding carboxylic acids is 1. The Kier molecular flexibility index (Phi) is 2.63. The van der Waals surface area contributed by atoms with E-state index in [9.17, 15) is 9.90 Å². The van der Waals surface area contributed by atoms with Gasteiger partial charge in [-0.15, -0.1) is 0 Å². The van der Waals surface area contributed by atoms with Crippen LogP contribution in [0, 0.1) is 0 Å². The van der Waals surface area contributed by atoms with E-state index in [0.717, 1.165) is 16.6 Å². The van der Waals surface area contributed by atoms with Crippen LogP contribution in [0.5, 0.6) is 5.75 Å². The monoisotopic (exact) mass is 242 g/mol. The second kappa shape index (κ2) is 4.29. The molecule has 0 amide bonds. The molecule has 1 saturated heterocycles. The lowest BCUT2D eigenvalue weighted by Crippen LogP contribution is -2.34. The third-order valence-electron chi connectivity index (χ3n) is 3.35. The van der Waals surface area contributed by atoms with Crippen LogP contribution in [0.25, 0.3) is 10.8 Å². The van der Waals surface area contributed by atoms with Gasteiger partial charge < -0.3 is 10.0 Å². The number of Topliss-reactive ketones (excluding diaryl/α,β-unsaturated/α-hetero) is 1. The maximum atomic E-state index is 11.3. The van der Waals surface area contributed by atoms with Gasteiger partial charge in [-0.3, -0.25) is 4.79 Å². The van der Waals surface area contributed by atoms with E-state index in [0.29, 0.717) is 31.7 Å². The van der Waals surface area contributed by atoms with Crippen molar-refractivity contribution in [2.75, 3.05) is 18.0 Å². The number of hydrogen-bond acceptors (Lipinski definition) is 4. The number of nitrogens with zero attached hydrogens (tertiary/aromatic N) is 2. The van der Waals surface area contributed by atoms with Crippen molar-refractivity contribution in [1.29, 1.82) is 0 Å². The van der Waals surface area contributed by atoms with Crippen LogP contribution in [-0.2, 0) is 4.79 Å². The fourth-order valence-corrected chi connectivity index (χ4v) is 2.36. The predicted octanol–water partition coefficient (Wildman–Crippen LogP) is 2.11. The second-order valence-electron chi connectivity index (χ2n) is 4.57. The van der Waals surface area contributed by atoms with Gasteiger partial charge in [0.2, 0.25) is 0 Å². The minimum absolute atomic E-state index is 0.241. The third-order valence-corrected chi connectivity index (χ3v) is 3.35. The molecule has 92 valence electrons. The van der Waals surface area contributed by atoms with Crippen LogP contribution in [-0.4, -0.2) is 29.0 Å². The molecule has 1 N–H and O–H groups in total. The Balaban J connectivity index is 2.05. The van der Waals surface area contributed by atoms with Gasteiger partial charge in [0.25, 0.3) is 0 Å². The zero-order chi connectivity index (χ0) is 12.5. The standard InChI is InChI=1S/C14H14N2O2/c17-11-4-7-16(8-5-11)14-13-9-12(18)2-1-10(13)3-6-15-14/h1-3,6,9,18H,4-5,7-8H2.